The third kappa shape index (κ3) is 4.80. The number of fused-ring (bicyclic) bond motifs is 2. The number of methoxy groups -OCH3 is 1. The van der Waals surface area contributed by atoms with Crippen LogP contribution in [-0.4, -0.2) is 43.3 Å². The first-order valence-electron chi connectivity index (χ1n) is 12.0. The molecule has 0 saturated heterocycles. The summed E-state index contributed by atoms with van der Waals surface area (Å²) in [6.07, 6.45) is 3.32. The van der Waals surface area contributed by atoms with Gasteiger partial charge in [0, 0.05) is 52.8 Å². The molecule has 1 aliphatic carbocycles. The monoisotopic (exact) mass is 535 g/mol. The third-order valence-electron chi connectivity index (χ3n) is 6.61. The number of hydrogen-bond donors (Lipinski definition) is 4. The van der Waals surface area contributed by atoms with E-state index in [1.54, 1.807) is 36.4 Å². The van der Waals surface area contributed by atoms with Crippen molar-refractivity contribution in [2.45, 2.75) is 37.0 Å². The molecule has 5 rings (SSSR count). The van der Waals surface area contributed by atoms with Crippen molar-refractivity contribution in [3.8, 4) is 5.75 Å². The Balaban J connectivity index is 1.52. The lowest BCUT2D eigenvalue weighted by Gasteiger charge is -2.11. The number of aryl methyl sites for hydroxylation is 1. The number of amides is 1. The molecule has 2 aliphatic rings. The van der Waals surface area contributed by atoms with Crippen molar-refractivity contribution in [3.05, 3.63) is 70.5 Å². The number of ether oxygens (including phenoxy) is 1. The summed E-state index contributed by atoms with van der Waals surface area (Å²) in [7, 11) is -2.49. The van der Waals surface area contributed by atoms with Crippen LogP contribution in [0, 0.1) is 0 Å². The number of carbonyl (C=O) groups is 3. The Kier molecular flexibility index (Phi) is 6.53. The second-order valence-electron chi connectivity index (χ2n) is 9.10. The number of benzene rings is 2. The van der Waals surface area contributed by atoms with E-state index >= 15 is 0 Å². The summed E-state index contributed by atoms with van der Waals surface area (Å²) in [6, 6.07) is 10.8. The van der Waals surface area contributed by atoms with Gasteiger partial charge in [-0.25, -0.2) is 8.42 Å². The molecule has 2 heterocycles. The van der Waals surface area contributed by atoms with Crippen LogP contribution in [0.2, 0.25) is 0 Å². The molecule has 0 spiro atoms. The van der Waals surface area contributed by atoms with E-state index in [9.17, 15) is 27.9 Å². The highest BCUT2D eigenvalue weighted by atomic mass is 32.2. The average molecular weight is 536 g/mol. The van der Waals surface area contributed by atoms with Gasteiger partial charge in [-0.2, -0.15) is 0 Å². The van der Waals surface area contributed by atoms with Crippen molar-refractivity contribution in [2.75, 3.05) is 17.1 Å². The predicted molar refractivity (Wildman–Crippen MR) is 141 cm³/mol. The number of carboxylic acid groups (broad SMARTS) is 1. The van der Waals surface area contributed by atoms with Gasteiger partial charge < -0.3 is 20.1 Å². The largest absolute Gasteiger partial charge is 0.497 e. The molecule has 38 heavy (non-hydrogen) atoms. The van der Waals surface area contributed by atoms with Crippen molar-refractivity contribution in [1.29, 1.82) is 0 Å². The third-order valence-corrected chi connectivity index (χ3v) is 7.99. The zero-order valence-electron chi connectivity index (χ0n) is 20.5. The van der Waals surface area contributed by atoms with Gasteiger partial charge in [0.25, 0.3) is 15.9 Å². The van der Waals surface area contributed by atoms with Gasteiger partial charge >= 0.3 is 5.97 Å². The lowest BCUT2D eigenvalue weighted by Crippen LogP contribution is -2.13. The Morgan fingerprint density at radius 2 is 1.97 bits per heavy atom. The Labute approximate surface area is 218 Å². The molecule has 0 unspecified atom stereocenters. The molecule has 4 N–H and O–H groups in total. The molecule has 10 nitrogen and oxygen atoms in total. The van der Waals surface area contributed by atoms with Crippen LogP contribution in [0.25, 0.3) is 11.6 Å². The fraction of sp³-hybridized carbons (Fsp3) is 0.222. The summed E-state index contributed by atoms with van der Waals surface area (Å²) in [5.41, 5.74) is 3.84. The van der Waals surface area contributed by atoms with Crippen molar-refractivity contribution < 1.29 is 32.6 Å². The summed E-state index contributed by atoms with van der Waals surface area (Å²) in [6.45, 7) is 0. The molecule has 0 atom stereocenters. The van der Waals surface area contributed by atoms with E-state index in [0.717, 1.165) is 5.69 Å². The van der Waals surface area contributed by atoms with Gasteiger partial charge in [0.1, 0.15) is 5.75 Å². The zero-order chi connectivity index (χ0) is 27.0. The average Bonchev–Trinajstić information content (AvgIpc) is 3.40. The van der Waals surface area contributed by atoms with Crippen LogP contribution in [0.3, 0.4) is 0 Å². The molecular formula is C27H25N3O7S. The van der Waals surface area contributed by atoms with Crippen LogP contribution in [-0.2, 0) is 32.5 Å². The van der Waals surface area contributed by atoms with E-state index in [-0.39, 0.29) is 34.8 Å². The molecule has 196 valence electrons. The highest BCUT2D eigenvalue weighted by Gasteiger charge is 2.29. The number of ketones is 1. The number of H-pyrrole nitrogens is 1. The Morgan fingerprint density at radius 1 is 1.16 bits per heavy atom. The predicted octanol–water partition coefficient (Wildman–Crippen LogP) is 3.85. The number of Topliss-reactive ketones (excluding diaryl/α,β-unsaturated/α-hetero) is 1. The van der Waals surface area contributed by atoms with Gasteiger partial charge in [-0.05, 0) is 61.2 Å². The van der Waals surface area contributed by atoms with E-state index in [0.29, 0.717) is 53.1 Å². The summed E-state index contributed by atoms with van der Waals surface area (Å²) in [5, 5.41) is 12.0. The number of carboxylic acids is 1. The number of anilines is 2. The lowest BCUT2D eigenvalue weighted by molar-refractivity contribution is -0.137. The Hall–Kier alpha value is -4.38. The fourth-order valence-electron chi connectivity index (χ4n) is 4.83. The first kappa shape index (κ1) is 25.3. The molecule has 11 heteroatoms. The van der Waals surface area contributed by atoms with Crippen LogP contribution in [0.4, 0.5) is 11.4 Å². The second-order valence-corrected chi connectivity index (χ2v) is 10.8. The summed E-state index contributed by atoms with van der Waals surface area (Å²) >= 11 is 0. The second kappa shape index (κ2) is 9.82. The SMILES string of the molecule is COc1cccc(S(=O)(=O)Nc2ccc3c(c2)C(=Cc2[nH]c4c(c2CCC(=O)O)C(=O)CCC4)C(=O)N3)c1. The number of hydrogen-bond acceptors (Lipinski definition) is 6. The van der Waals surface area contributed by atoms with Gasteiger partial charge in [-0.15, -0.1) is 0 Å². The Morgan fingerprint density at radius 3 is 2.74 bits per heavy atom. The minimum Gasteiger partial charge on any atom is -0.497 e. The van der Waals surface area contributed by atoms with Gasteiger partial charge in [-0.3, -0.25) is 19.1 Å². The van der Waals surface area contributed by atoms with Crippen LogP contribution in [0.5, 0.6) is 5.75 Å². The van der Waals surface area contributed by atoms with Crippen LogP contribution in [0.1, 0.15) is 52.1 Å². The first-order valence-corrected chi connectivity index (χ1v) is 13.5. The van der Waals surface area contributed by atoms with Crippen LogP contribution >= 0.6 is 0 Å². The zero-order valence-corrected chi connectivity index (χ0v) is 21.3. The summed E-state index contributed by atoms with van der Waals surface area (Å²) in [4.78, 5) is 40.1. The molecule has 0 saturated carbocycles. The van der Waals surface area contributed by atoms with Crippen molar-refractivity contribution in [1.82, 2.24) is 4.98 Å². The number of aromatic nitrogens is 1. The van der Waals surface area contributed by atoms with E-state index in [1.165, 1.54) is 19.2 Å². The topological polar surface area (TPSA) is 155 Å². The van der Waals surface area contributed by atoms with E-state index in [1.807, 2.05) is 0 Å². The minimum atomic E-state index is -3.94. The quantitative estimate of drug-likeness (QED) is 0.319. The number of nitrogens with one attached hydrogen (secondary N) is 3. The molecule has 1 amide bonds. The van der Waals surface area contributed by atoms with Gasteiger partial charge in [0.15, 0.2) is 5.78 Å². The van der Waals surface area contributed by atoms with Crippen LogP contribution in [0.15, 0.2) is 47.4 Å². The smallest absolute Gasteiger partial charge is 0.303 e. The van der Waals surface area contributed by atoms with Crippen molar-refractivity contribution in [3.63, 3.8) is 0 Å². The molecule has 1 aromatic heterocycles. The molecule has 2 aromatic carbocycles. The standard InChI is InChI=1S/C27H25N3O7S/c1-37-16-4-2-5-17(13-16)38(35,36)30-15-8-10-21-19(12-15)20(27(34)29-21)14-23-18(9-11-25(32)33)26-22(28-23)6-3-7-24(26)31/h2,4-5,8,10,12-14,28,30H,3,6-7,9,11H2,1H3,(H,29,34)(H,32,33). The maximum atomic E-state index is 13.0. The first-order chi connectivity index (χ1) is 18.2. The molecular weight excluding hydrogens is 510 g/mol. The number of rotatable bonds is 8. The minimum absolute atomic E-state index is 0.0204. The maximum absolute atomic E-state index is 13.0. The molecule has 0 fully saturated rings. The summed E-state index contributed by atoms with van der Waals surface area (Å²) in [5.74, 6) is -1.03. The summed E-state index contributed by atoms with van der Waals surface area (Å²) < 4.78 is 33.6. The highest BCUT2D eigenvalue weighted by molar-refractivity contribution is 7.92. The number of aliphatic carboxylic acids is 1. The molecule has 1 aliphatic heterocycles. The number of sulfonamides is 1. The normalized spacial score (nSPS) is 15.7. The van der Waals surface area contributed by atoms with Crippen LogP contribution < -0.4 is 14.8 Å². The van der Waals surface area contributed by atoms with E-state index < -0.39 is 21.9 Å². The highest BCUT2D eigenvalue weighted by Crippen LogP contribution is 2.37. The van der Waals surface area contributed by atoms with Gasteiger partial charge in [0.2, 0.25) is 0 Å². The van der Waals surface area contributed by atoms with Crippen molar-refractivity contribution >= 4 is 50.7 Å². The van der Waals surface area contributed by atoms with E-state index in [2.05, 4.69) is 15.0 Å². The number of carbonyl (C=O) groups excluding carboxylic acids is 2. The molecule has 0 bridgehead atoms. The molecule has 3 aromatic rings. The molecule has 0 radical (unpaired) electrons. The van der Waals surface area contributed by atoms with Gasteiger partial charge in [-0.1, -0.05) is 6.07 Å². The maximum Gasteiger partial charge on any atom is 0.303 e. The lowest BCUT2D eigenvalue weighted by atomic mass is 9.91. The number of aromatic amines is 1. The van der Waals surface area contributed by atoms with E-state index in [4.69, 9.17) is 4.74 Å². The Bertz CT molecular complexity index is 1620. The van der Waals surface area contributed by atoms with Gasteiger partial charge in [0.05, 0.1) is 17.6 Å². The fourth-order valence-corrected chi connectivity index (χ4v) is 5.91. The van der Waals surface area contributed by atoms with Crippen molar-refractivity contribution in [2.24, 2.45) is 0 Å².